The minimum absolute atomic E-state index is 0.0500. The van der Waals surface area contributed by atoms with Crippen LogP contribution in [0.25, 0.3) is 33.2 Å². The van der Waals surface area contributed by atoms with Crippen molar-refractivity contribution in [2.24, 2.45) is 0 Å². The van der Waals surface area contributed by atoms with E-state index >= 15 is 0 Å². The molecule has 34 heavy (non-hydrogen) atoms. The molecular weight excluding hydrogens is 431 g/mol. The lowest BCUT2D eigenvalue weighted by Crippen LogP contribution is -2.61. The first-order valence-corrected chi connectivity index (χ1v) is 11.8. The van der Waals surface area contributed by atoms with Crippen molar-refractivity contribution in [1.82, 2.24) is 25.1 Å². The second-order valence-corrected chi connectivity index (χ2v) is 9.58. The van der Waals surface area contributed by atoms with Gasteiger partial charge in [0, 0.05) is 42.3 Å². The number of phenolic OH excluding ortho intramolecular Hbond substituents is 1. The Labute approximate surface area is 195 Å². The minimum Gasteiger partial charge on any atom is -0.508 e. The molecule has 7 nitrogen and oxygen atoms in total. The summed E-state index contributed by atoms with van der Waals surface area (Å²) in [7, 11) is 0. The number of aromatic nitrogens is 4. The first-order valence-electron chi connectivity index (χ1n) is 11.8. The lowest BCUT2D eigenvalue weighted by molar-refractivity contribution is 0.289. The summed E-state index contributed by atoms with van der Waals surface area (Å²) in [5, 5.41) is 21.1. The number of aromatic hydroxyl groups is 1. The van der Waals surface area contributed by atoms with Crippen LogP contribution in [0, 0.1) is 18.2 Å². The zero-order chi connectivity index (χ0) is 23.0. The van der Waals surface area contributed by atoms with Crippen molar-refractivity contribution >= 4 is 27.6 Å². The number of anilines is 1. The van der Waals surface area contributed by atoms with Crippen molar-refractivity contribution in [3.05, 3.63) is 41.8 Å². The fourth-order valence-corrected chi connectivity index (χ4v) is 5.53. The number of phenols is 1. The molecule has 3 saturated heterocycles. The van der Waals surface area contributed by atoms with E-state index in [0.717, 1.165) is 49.2 Å². The number of hydrogen-bond donors (Lipinski definition) is 2. The molecule has 1 aliphatic carbocycles. The summed E-state index contributed by atoms with van der Waals surface area (Å²) in [6, 6.07) is 7.30. The fourth-order valence-electron chi connectivity index (χ4n) is 5.53. The molecule has 4 fully saturated rings. The SMILES string of the molecule is C#Cc1c(F)ccc2cc(O)cc(-c3ncc4c(N5C[C@@H]6CC[C@H]5CN6)nn(C5CC5)c4n3)c12. The molecule has 1 saturated carbocycles. The molecule has 0 radical (unpaired) electrons. The third kappa shape index (κ3) is 2.90. The van der Waals surface area contributed by atoms with Crippen LogP contribution in [0.5, 0.6) is 5.75 Å². The Morgan fingerprint density at radius 2 is 2.00 bits per heavy atom. The normalized spacial score (nSPS) is 21.9. The topological polar surface area (TPSA) is 79.1 Å². The van der Waals surface area contributed by atoms with Crippen LogP contribution in [0.3, 0.4) is 0 Å². The standard InChI is InChI=1S/C26H23FN6O/c1-2-19-22(27)8-3-14-9-18(34)10-20(23(14)19)24-29-12-21-25(30-24)33(16-6-7-16)31-26(21)32-13-15-4-5-17(32)11-28-15/h1,3,8-10,12,15-17,28,34H,4-7,11,13H2/t15-,17-/m0/s1. The molecule has 0 amide bonds. The Hall–Kier alpha value is -3.70. The predicted molar refractivity (Wildman–Crippen MR) is 128 cm³/mol. The maximum atomic E-state index is 14.6. The molecule has 0 unspecified atom stereocenters. The molecule has 8 rings (SSSR count). The molecule has 4 aromatic rings. The summed E-state index contributed by atoms with van der Waals surface area (Å²) >= 11 is 0. The molecule has 2 aromatic heterocycles. The molecule has 2 N–H and O–H groups in total. The second kappa shape index (κ2) is 7.15. The van der Waals surface area contributed by atoms with Gasteiger partial charge in [-0.15, -0.1) is 6.42 Å². The van der Waals surface area contributed by atoms with E-state index in [-0.39, 0.29) is 11.3 Å². The number of nitrogens with zero attached hydrogens (tertiary/aromatic N) is 5. The Bertz CT molecular complexity index is 1510. The van der Waals surface area contributed by atoms with Gasteiger partial charge in [-0.1, -0.05) is 12.0 Å². The average Bonchev–Trinajstić information content (AvgIpc) is 3.64. The van der Waals surface area contributed by atoms with Crippen LogP contribution >= 0.6 is 0 Å². The summed E-state index contributed by atoms with van der Waals surface area (Å²) in [4.78, 5) is 12.0. The molecule has 2 bridgehead atoms. The Balaban J connectivity index is 1.44. The maximum absolute atomic E-state index is 14.6. The number of hydrogen-bond acceptors (Lipinski definition) is 6. The van der Waals surface area contributed by atoms with Gasteiger partial charge >= 0.3 is 0 Å². The summed E-state index contributed by atoms with van der Waals surface area (Å²) in [6.07, 6.45) is 12.0. The summed E-state index contributed by atoms with van der Waals surface area (Å²) in [6.45, 7) is 1.91. The number of terminal acetylenes is 1. The van der Waals surface area contributed by atoms with E-state index < -0.39 is 5.82 Å². The molecule has 2 atom stereocenters. The average molecular weight is 455 g/mol. The van der Waals surface area contributed by atoms with Gasteiger partial charge in [0.05, 0.1) is 17.0 Å². The van der Waals surface area contributed by atoms with Gasteiger partial charge < -0.3 is 15.3 Å². The van der Waals surface area contributed by atoms with Gasteiger partial charge in [-0.25, -0.2) is 19.0 Å². The molecule has 5 heterocycles. The number of fused-ring (bicyclic) bond motifs is 5. The predicted octanol–water partition coefficient (Wildman–Crippen LogP) is 3.75. The lowest BCUT2D eigenvalue weighted by Gasteiger charge is -2.46. The maximum Gasteiger partial charge on any atom is 0.164 e. The second-order valence-electron chi connectivity index (χ2n) is 9.58. The third-order valence-corrected chi connectivity index (χ3v) is 7.38. The van der Waals surface area contributed by atoms with Crippen LogP contribution in [0.4, 0.5) is 10.2 Å². The van der Waals surface area contributed by atoms with Crippen molar-refractivity contribution in [3.63, 3.8) is 0 Å². The number of piperazine rings is 1. The minimum atomic E-state index is -0.484. The van der Waals surface area contributed by atoms with E-state index in [1.165, 1.54) is 12.5 Å². The zero-order valence-electron chi connectivity index (χ0n) is 18.5. The van der Waals surface area contributed by atoms with Crippen molar-refractivity contribution < 1.29 is 9.50 Å². The van der Waals surface area contributed by atoms with Gasteiger partial charge in [0.25, 0.3) is 0 Å². The van der Waals surface area contributed by atoms with Gasteiger partial charge in [0.15, 0.2) is 17.3 Å². The van der Waals surface area contributed by atoms with Gasteiger partial charge in [0.1, 0.15) is 11.6 Å². The number of piperidine rings is 2. The van der Waals surface area contributed by atoms with E-state index in [1.807, 2.05) is 10.9 Å². The van der Waals surface area contributed by atoms with E-state index in [4.69, 9.17) is 16.5 Å². The monoisotopic (exact) mass is 454 g/mol. The Morgan fingerprint density at radius 1 is 1.15 bits per heavy atom. The van der Waals surface area contributed by atoms with Crippen LogP contribution in [-0.4, -0.2) is 50.0 Å². The summed E-state index contributed by atoms with van der Waals surface area (Å²) in [5.41, 5.74) is 1.42. The molecule has 0 spiro atoms. The number of halogens is 1. The first-order chi connectivity index (χ1) is 16.6. The number of nitrogens with one attached hydrogen (secondary N) is 1. The van der Waals surface area contributed by atoms with Crippen LogP contribution in [0.1, 0.15) is 37.3 Å². The highest BCUT2D eigenvalue weighted by Gasteiger charge is 2.37. The van der Waals surface area contributed by atoms with Crippen molar-refractivity contribution in [3.8, 4) is 29.5 Å². The molecule has 170 valence electrons. The summed E-state index contributed by atoms with van der Waals surface area (Å²) in [5.74, 6) is 3.37. The zero-order valence-corrected chi connectivity index (χ0v) is 18.5. The van der Waals surface area contributed by atoms with Crippen molar-refractivity contribution in [1.29, 1.82) is 0 Å². The molecule has 8 heteroatoms. The van der Waals surface area contributed by atoms with E-state index in [9.17, 15) is 9.50 Å². The highest BCUT2D eigenvalue weighted by molar-refractivity contribution is 6.01. The van der Waals surface area contributed by atoms with E-state index in [2.05, 4.69) is 21.1 Å². The van der Waals surface area contributed by atoms with Crippen LogP contribution < -0.4 is 10.2 Å². The smallest absolute Gasteiger partial charge is 0.164 e. The number of rotatable bonds is 3. The van der Waals surface area contributed by atoms with Crippen LogP contribution in [0.15, 0.2) is 30.5 Å². The Morgan fingerprint density at radius 3 is 2.71 bits per heavy atom. The first kappa shape index (κ1) is 19.7. The van der Waals surface area contributed by atoms with Crippen LogP contribution in [0.2, 0.25) is 0 Å². The highest BCUT2D eigenvalue weighted by Crippen LogP contribution is 2.41. The molecule has 4 aliphatic rings. The van der Waals surface area contributed by atoms with Crippen molar-refractivity contribution in [2.45, 2.75) is 43.8 Å². The third-order valence-electron chi connectivity index (χ3n) is 7.38. The van der Waals surface area contributed by atoms with E-state index in [0.29, 0.717) is 40.3 Å². The Kier molecular flexibility index (Phi) is 4.15. The highest BCUT2D eigenvalue weighted by atomic mass is 19.1. The van der Waals surface area contributed by atoms with Gasteiger partial charge in [-0.2, -0.15) is 5.10 Å². The van der Waals surface area contributed by atoms with Crippen LogP contribution in [-0.2, 0) is 0 Å². The van der Waals surface area contributed by atoms with Gasteiger partial charge in [0.2, 0.25) is 0 Å². The molecular formula is C26H23FN6O. The largest absolute Gasteiger partial charge is 0.508 e. The fraction of sp³-hybridized carbons (Fsp3) is 0.346. The summed E-state index contributed by atoms with van der Waals surface area (Å²) < 4.78 is 16.6. The quantitative estimate of drug-likeness (QED) is 0.459. The van der Waals surface area contributed by atoms with E-state index in [1.54, 1.807) is 18.2 Å². The molecule has 3 aliphatic heterocycles. The van der Waals surface area contributed by atoms with Crippen molar-refractivity contribution in [2.75, 3.05) is 18.0 Å². The van der Waals surface area contributed by atoms with Gasteiger partial charge in [-0.05, 0) is 49.3 Å². The lowest BCUT2D eigenvalue weighted by atomic mass is 9.93. The number of benzene rings is 2. The van der Waals surface area contributed by atoms with Gasteiger partial charge in [-0.3, -0.25) is 0 Å². The molecule has 2 aromatic carbocycles.